The number of benzene rings is 1. The van der Waals surface area contributed by atoms with Crippen LogP contribution in [0.3, 0.4) is 0 Å². The Morgan fingerprint density at radius 3 is 2.68 bits per heavy atom. The lowest BCUT2D eigenvalue weighted by atomic mass is 10.1. The molecule has 134 valence electrons. The van der Waals surface area contributed by atoms with Gasteiger partial charge in [-0.1, -0.05) is 25.1 Å². The lowest BCUT2D eigenvalue weighted by molar-refractivity contribution is -0.121. The number of hydrogen-bond donors (Lipinski definition) is 1. The minimum Gasteiger partial charge on any atom is -0.486 e. The van der Waals surface area contributed by atoms with E-state index >= 15 is 0 Å². The van der Waals surface area contributed by atoms with Gasteiger partial charge in [-0.3, -0.25) is 4.79 Å². The third kappa shape index (κ3) is 4.29. The molecule has 7 heteroatoms. The van der Waals surface area contributed by atoms with Gasteiger partial charge in [-0.15, -0.1) is 0 Å². The largest absolute Gasteiger partial charge is 0.486 e. The number of carbonyl (C=O) groups excluding carboxylic acids is 1. The summed E-state index contributed by atoms with van der Waals surface area (Å²) in [6.45, 7) is 7.03. The minimum absolute atomic E-state index is 0.0633. The van der Waals surface area contributed by atoms with Crippen LogP contribution >= 0.6 is 0 Å². The van der Waals surface area contributed by atoms with Gasteiger partial charge < -0.3 is 19.3 Å². The topological polar surface area (TPSA) is 86.5 Å². The molecule has 1 aliphatic heterocycles. The Morgan fingerprint density at radius 1 is 1.20 bits per heavy atom. The van der Waals surface area contributed by atoms with Crippen molar-refractivity contribution in [2.45, 2.75) is 45.6 Å². The van der Waals surface area contributed by atoms with Gasteiger partial charge in [0, 0.05) is 18.8 Å². The number of nitrogens with one attached hydrogen (secondary N) is 1. The van der Waals surface area contributed by atoms with Gasteiger partial charge in [0.1, 0.15) is 13.2 Å². The van der Waals surface area contributed by atoms with Crippen LogP contribution in [0.5, 0.6) is 11.5 Å². The first-order chi connectivity index (χ1) is 12.0. The first-order valence-corrected chi connectivity index (χ1v) is 8.54. The van der Waals surface area contributed by atoms with Crippen molar-refractivity contribution in [3.8, 4) is 11.5 Å². The van der Waals surface area contributed by atoms with E-state index in [1.165, 1.54) is 0 Å². The molecule has 0 bridgehead atoms. The highest BCUT2D eigenvalue weighted by Crippen LogP contribution is 2.32. The van der Waals surface area contributed by atoms with E-state index in [2.05, 4.69) is 15.5 Å². The summed E-state index contributed by atoms with van der Waals surface area (Å²) in [6, 6.07) is 5.59. The molecule has 25 heavy (non-hydrogen) atoms. The van der Waals surface area contributed by atoms with Crippen molar-refractivity contribution in [2.24, 2.45) is 0 Å². The highest BCUT2D eigenvalue weighted by molar-refractivity contribution is 5.76. The third-order valence-electron chi connectivity index (χ3n) is 4.01. The Labute approximate surface area is 146 Å². The molecule has 1 aromatic carbocycles. The van der Waals surface area contributed by atoms with Crippen LogP contribution in [-0.2, 0) is 11.2 Å². The number of aromatic nitrogens is 2. The summed E-state index contributed by atoms with van der Waals surface area (Å²) in [5, 5.41) is 6.88. The second kappa shape index (κ2) is 7.55. The van der Waals surface area contributed by atoms with E-state index in [9.17, 15) is 4.79 Å². The number of ether oxygens (including phenoxy) is 2. The van der Waals surface area contributed by atoms with Gasteiger partial charge in [-0.05, 0) is 24.6 Å². The van der Waals surface area contributed by atoms with Gasteiger partial charge in [0.15, 0.2) is 17.3 Å². The van der Waals surface area contributed by atoms with Gasteiger partial charge in [0.2, 0.25) is 11.8 Å². The van der Waals surface area contributed by atoms with E-state index < -0.39 is 0 Å². The van der Waals surface area contributed by atoms with Crippen molar-refractivity contribution in [3.63, 3.8) is 0 Å². The molecule has 0 spiro atoms. The maximum absolute atomic E-state index is 12.2. The fraction of sp³-hybridized carbons (Fsp3) is 0.500. The normalized spacial score (nSPS) is 14.4. The zero-order valence-corrected chi connectivity index (χ0v) is 14.7. The Hall–Kier alpha value is -2.57. The van der Waals surface area contributed by atoms with Crippen molar-refractivity contribution in [1.29, 1.82) is 0 Å². The van der Waals surface area contributed by atoms with Gasteiger partial charge >= 0.3 is 0 Å². The molecule has 1 N–H and O–H groups in total. The van der Waals surface area contributed by atoms with Crippen molar-refractivity contribution in [1.82, 2.24) is 15.5 Å². The van der Waals surface area contributed by atoms with Crippen molar-refractivity contribution >= 4 is 5.91 Å². The molecule has 0 radical (unpaired) electrons. The zero-order chi connectivity index (χ0) is 17.8. The predicted octanol–water partition coefficient (Wildman–Crippen LogP) is 2.77. The number of aryl methyl sites for hydroxylation is 1. The van der Waals surface area contributed by atoms with E-state index in [1.807, 2.05) is 39.0 Å². The van der Waals surface area contributed by atoms with E-state index in [4.69, 9.17) is 14.0 Å². The Balaban J connectivity index is 1.53. The van der Waals surface area contributed by atoms with Crippen LogP contribution in [0.2, 0.25) is 0 Å². The molecule has 0 fully saturated rings. The molecule has 1 amide bonds. The smallest absolute Gasteiger partial charge is 0.227 e. The number of fused-ring (bicyclic) bond motifs is 1. The molecule has 7 nitrogen and oxygen atoms in total. The second-order valence-electron chi connectivity index (χ2n) is 6.39. The average Bonchev–Trinajstić information content (AvgIpc) is 3.09. The highest BCUT2D eigenvalue weighted by Gasteiger charge is 2.16. The van der Waals surface area contributed by atoms with Crippen molar-refractivity contribution < 1.29 is 18.8 Å². The standard InChI is InChI=1S/C18H23N3O4/c1-11(2)18-20-17(25-21-18)7-6-16(22)19-12(3)13-4-5-14-15(10-13)24-9-8-23-14/h4-5,10-12H,6-9H2,1-3H3,(H,19,22)/t12-/m1/s1. The lowest BCUT2D eigenvalue weighted by Crippen LogP contribution is -2.27. The molecular weight excluding hydrogens is 322 g/mol. The molecular formula is C18H23N3O4. The summed E-state index contributed by atoms with van der Waals surface area (Å²) in [4.78, 5) is 16.5. The Morgan fingerprint density at radius 2 is 1.96 bits per heavy atom. The molecule has 1 aromatic heterocycles. The molecule has 0 unspecified atom stereocenters. The highest BCUT2D eigenvalue weighted by atomic mass is 16.6. The number of nitrogens with zero attached hydrogens (tertiary/aromatic N) is 2. The SMILES string of the molecule is CC(C)c1noc(CCC(=O)N[C@H](C)c2ccc3c(c2)OCCO3)n1. The number of amides is 1. The zero-order valence-electron chi connectivity index (χ0n) is 14.7. The monoisotopic (exact) mass is 345 g/mol. The first kappa shape index (κ1) is 17.3. The fourth-order valence-electron chi connectivity index (χ4n) is 2.55. The van der Waals surface area contributed by atoms with Crippen molar-refractivity contribution in [2.75, 3.05) is 13.2 Å². The van der Waals surface area contributed by atoms with E-state index in [0.29, 0.717) is 37.8 Å². The van der Waals surface area contributed by atoms with Crippen LogP contribution in [-0.4, -0.2) is 29.3 Å². The minimum atomic E-state index is -0.128. The fourth-order valence-corrected chi connectivity index (χ4v) is 2.55. The van der Waals surface area contributed by atoms with Crippen LogP contribution in [0.25, 0.3) is 0 Å². The molecule has 2 aromatic rings. The molecule has 3 rings (SSSR count). The molecule has 2 heterocycles. The summed E-state index contributed by atoms with van der Waals surface area (Å²) in [6.07, 6.45) is 0.730. The van der Waals surface area contributed by atoms with E-state index in [1.54, 1.807) is 0 Å². The molecule has 0 saturated heterocycles. The summed E-state index contributed by atoms with van der Waals surface area (Å²) in [5.74, 6) is 2.77. The van der Waals surface area contributed by atoms with Gasteiger partial charge in [-0.2, -0.15) is 4.98 Å². The third-order valence-corrected chi connectivity index (χ3v) is 4.01. The Kier molecular flexibility index (Phi) is 5.21. The van der Waals surface area contributed by atoms with E-state index in [-0.39, 0.29) is 17.9 Å². The number of rotatable bonds is 6. The first-order valence-electron chi connectivity index (χ1n) is 8.54. The molecule has 0 saturated carbocycles. The maximum atomic E-state index is 12.2. The predicted molar refractivity (Wildman–Crippen MR) is 90.7 cm³/mol. The molecule has 1 atom stereocenters. The average molecular weight is 345 g/mol. The van der Waals surface area contributed by atoms with Crippen LogP contribution in [0.4, 0.5) is 0 Å². The summed E-state index contributed by atoms with van der Waals surface area (Å²) < 4.78 is 16.2. The quantitative estimate of drug-likeness (QED) is 0.866. The van der Waals surface area contributed by atoms with Gasteiger partial charge in [0.25, 0.3) is 0 Å². The van der Waals surface area contributed by atoms with Crippen LogP contribution in [0.1, 0.15) is 56.4 Å². The number of carbonyl (C=O) groups is 1. The summed E-state index contributed by atoms with van der Waals surface area (Å²) in [7, 11) is 0. The second-order valence-corrected chi connectivity index (χ2v) is 6.39. The molecule has 0 aliphatic carbocycles. The number of hydrogen-bond acceptors (Lipinski definition) is 6. The molecule has 1 aliphatic rings. The van der Waals surface area contributed by atoms with E-state index in [0.717, 1.165) is 17.1 Å². The summed E-state index contributed by atoms with van der Waals surface area (Å²) in [5.41, 5.74) is 0.970. The van der Waals surface area contributed by atoms with Crippen LogP contribution < -0.4 is 14.8 Å². The van der Waals surface area contributed by atoms with Crippen LogP contribution in [0, 0.1) is 0 Å². The van der Waals surface area contributed by atoms with Crippen LogP contribution in [0.15, 0.2) is 22.7 Å². The Bertz CT molecular complexity index is 742. The summed E-state index contributed by atoms with van der Waals surface area (Å²) >= 11 is 0. The van der Waals surface area contributed by atoms with Crippen molar-refractivity contribution in [3.05, 3.63) is 35.5 Å². The lowest BCUT2D eigenvalue weighted by Gasteiger charge is -2.21. The maximum Gasteiger partial charge on any atom is 0.227 e. The van der Waals surface area contributed by atoms with Gasteiger partial charge in [-0.25, -0.2) is 0 Å². The van der Waals surface area contributed by atoms with Gasteiger partial charge in [0.05, 0.1) is 6.04 Å².